The topological polar surface area (TPSA) is 109 Å². The molecule has 1 aliphatic heterocycles. The van der Waals surface area contributed by atoms with Gasteiger partial charge in [-0.05, 0) is 49.1 Å². The van der Waals surface area contributed by atoms with Crippen LogP contribution < -0.4 is 10.8 Å². The predicted octanol–water partition coefficient (Wildman–Crippen LogP) is 4.98. The van der Waals surface area contributed by atoms with Crippen molar-refractivity contribution in [3.8, 4) is 11.3 Å². The van der Waals surface area contributed by atoms with Crippen LogP contribution in [0.5, 0.6) is 0 Å². The Bertz CT molecular complexity index is 1370. The third-order valence-electron chi connectivity index (χ3n) is 7.72. The van der Waals surface area contributed by atoms with E-state index < -0.39 is 0 Å². The van der Waals surface area contributed by atoms with Gasteiger partial charge in [-0.15, -0.1) is 0 Å². The molecule has 0 aliphatic carbocycles. The fraction of sp³-hybridized carbons (Fsp3) is 0.387. The summed E-state index contributed by atoms with van der Waals surface area (Å²) in [6.07, 6.45) is 4.91. The number of nitrogens with zero attached hydrogens (tertiary/aromatic N) is 4. The van der Waals surface area contributed by atoms with Crippen LogP contribution in [-0.4, -0.2) is 68.6 Å². The van der Waals surface area contributed by atoms with E-state index in [2.05, 4.69) is 91.6 Å². The molecule has 3 heterocycles. The van der Waals surface area contributed by atoms with Gasteiger partial charge in [0.05, 0.1) is 5.39 Å². The zero-order chi connectivity index (χ0) is 27.7. The number of rotatable bonds is 12. The maximum Gasteiger partial charge on any atom is 0.243 e. The summed E-state index contributed by atoms with van der Waals surface area (Å²) in [5.41, 5.74) is 7.21. The summed E-state index contributed by atoms with van der Waals surface area (Å²) in [6, 6.07) is 21.4. The standard InChI is InChI=1S/C31H39N7O2/c1-23(25-8-4-2-5-9-25)34-30-27-20-28(35-31(27)33-22-32-30)26-13-11-24(12-14-26)21-38-18-16-37(17-19-38)15-7-3-6-10-29(39)36-40/h2,4-5,8-9,11-14,20,22-23,40H,3,6-7,10,15-19,21H2,1H3,(H,36,39)(H2,32,33,34,35)/t23-/m1/s1. The fourth-order valence-corrected chi connectivity index (χ4v) is 5.31. The van der Waals surface area contributed by atoms with Gasteiger partial charge in [0.15, 0.2) is 0 Å². The van der Waals surface area contributed by atoms with Crippen molar-refractivity contribution in [3.63, 3.8) is 0 Å². The summed E-state index contributed by atoms with van der Waals surface area (Å²) in [4.78, 5) is 28.6. The number of carbonyl (C=O) groups excluding carboxylic acids is 1. The molecule has 5 rings (SSSR count). The number of carbonyl (C=O) groups is 1. The van der Waals surface area contributed by atoms with Crippen molar-refractivity contribution >= 4 is 22.8 Å². The molecule has 1 fully saturated rings. The lowest BCUT2D eigenvalue weighted by molar-refractivity contribution is -0.129. The van der Waals surface area contributed by atoms with Crippen molar-refractivity contribution in [3.05, 3.63) is 78.1 Å². The highest BCUT2D eigenvalue weighted by atomic mass is 16.5. The largest absolute Gasteiger partial charge is 0.363 e. The van der Waals surface area contributed by atoms with Gasteiger partial charge < -0.3 is 15.2 Å². The Morgan fingerprint density at radius 3 is 2.48 bits per heavy atom. The molecule has 210 valence electrons. The highest BCUT2D eigenvalue weighted by molar-refractivity contribution is 5.91. The van der Waals surface area contributed by atoms with Gasteiger partial charge in [0, 0.05) is 50.9 Å². The number of amides is 1. The van der Waals surface area contributed by atoms with Crippen LogP contribution in [0.1, 0.15) is 49.8 Å². The van der Waals surface area contributed by atoms with Crippen LogP contribution in [0, 0.1) is 0 Å². The van der Waals surface area contributed by atoms with E-state index in [1.165, 1.54) is 11.1 Å². The first-order chi connectivity index (χ1) is 19.6. The number of hydrogen-bond donors (Lipinski definition) is 4. The van der Waals surface area contributed by atoms with Gasteiger partial charge in [-0.3, -0.25) is 14.9 Å². The van der Waals surface area contributed by atoms with E-state index in [1.54, 1.807) is 11.8 Å². The molecule has 9 heteroatoms. The number of fused-ring (bicyclic) bond motifs is 1. The van der Waals surface area contributed by atoms with Gasteiger partial charge in [0.25, 0.3) is 0 Å². The molecule has 40 heavy (non-hydrogen) atoms. The lowest BCUT2D eigenvalue weighted by Gasteiger charge is -2.34. The Morgan fingerprint density at radius 2 is 1.73 bits per heavy atom. The second-order valence-corrected chi connectivity index (χ2v) is 10.6. The Morgan fingerprint density at radius 1 is 0.975 bits per heavy atom. The van der Waals surface area contributed by atoms with Crippen LogP contribution in [0.3, 0.4) is 0 Å². The summed E-state index contributed by atoms with van der Waals surface area (Å²) in [5.74, 6) is 0.529. The number of benzene rings is 2. The third-order valence-corrected chi connectivity index (χ3v) is 7.72. The second kappa shape index (κ2) is 13.5. The predicted molar refractivity (Wildman–Crippen MR) is 158 cm³/mol. The first-order valence-corrected chi connectivity index (χ1v) is 14.2. The summed E-state index contributed by atoms with van der Waals surface area (Å²) in [7, 11) is 0. The average Bonchev–Trinajstić information content (AvgIpc) is 3.44. The van der Waals surface area contributed by atoms with Crippen LogP contribution in [0.15, 0.2) is 67.0 Å². The van der Waals surface area contributed by atoms with Crippen molar-refractivity contribution in [1.29, 1.82) is 0 Å². The molecule has 0 radical (unpaired) electrons. The SMILES string of the molecule is C[C@@H](Nc1ncnc2[nH]c(-c3ccc(CN4CCN(CCCCCC(=O)NO)CC4)cc3)cc12)c1ccccc1. The van der Waals surface area contributed by atoms with Crippen LogP contribution in [-0.2, 0) is 11.3 Å². The highest BCUT2D eigenvalue weighted by Crippen LogP contribution is 2.29. The van der Waals surface area contributed by atoms with Crippen molar-refractivity contribution in [2.75, 3.05) is 38.0 Å². The molecule has 1 saturated heterocycles. The smallest absolute Gasteiger partial charge is 0.243 e. The summed E-state index contributed by atoms with van der Waals surface area (Å²) in [5, 5.41) is 13.1. The Kier molecular flexibility index (Phi) is 9.38. The summed E-state index contributed by atoms with van der Waals surface area (Å²) < 4.78 is 0. The first kappa shape index (κ1) is 27.8. The number of hydrogen-bond acceptors (Lipinski definition) is 7. The molecule has 4 N–H and O–H groups in total. The van der Waals surface area contributed by atoms with E-state index in [0.717, 1.165) is 86.6 Å². The van der Waals surface area contributed by atoms with Gasteiger partial charge >= 0.3 is 0 Å². The van der Waals surface area contributed by atoms with Crippen molar-refractivity contribution < 1.29 is 10.0 Å². The quantitative estimate of drug-likeness (QED) is 0.114. The van der Waals surface area contributed by atoms with Gasteiger partial charge in [-0.2, -0.15) is 0 Å². The van der Waals surface area contributed by atoms with Crippen molar-refractivity contribution in [2.24, 2.45) is 0 Å². The maximum absolute atomic E-state index is 11.1. The van der Waals surface area contributed by atoms with E-state index in [4.69, 9.17) is 5.21 Å². The number of piperazine rings is 1. The third kappa shape index (κ3) is 7.24. The normalized spacial score (nSPS) is 15.2. The minimum Gasteiger partial charge on any atom is -0.363 e. The van der Waals surface area contributed by atoms with E-state index in [1.807, 2.05) is 6.07 Å². The lowest BCUT2D eigenvalue weighted by Crippen LogP contribution is -2.46. The van der Waals surface area contributed by atoms with E-state index >= 15 is 0 Å². The van der Waals surface area contributed by atoms with E-state index in [0.29, 0.717) is 6.42 Å². The molecule has 2 aromatic heterocycles. The number of unbranched alkanes of at least 4 members (excludes halogenated alkanes) is 2. The average molecular weight is 542 g/mol. The number of aromatic amines is 1. The molecular weight excluding hydrogens is 502 g/mol. The van der Waals surface area contributed by atoms with Gasteiger partial charge in [-0.25, -0.2) is 15.4 Å². The van der Waals surface area contributed by atoms with Crippen LogP contribution in [0.4, 0.5) is 5.82 Å². The van der Waals surface area contributed by atoms with E-state index in [9.17, 15) is 4.79 Å². The molecule has 0 saturated carbocycles. The van der Waals surface area contributed by atoms with Gasteiger partial charge in [-0.1, -0.05) is 61.0 Å². The molecular formula is C31H39N7O2. The Labute approximate surface area is 235 Å². The van der Waals surface area contributed by atoms with E-state index in [-0.39, 0.29) is 11.9 Å². The molecule has 2 aromatic carbocycles. The highest BCUT2D eigenvalue weighted by Gasteiger charge is 2.17. The number of nitrogens with one attached hydrogen (secondary N) is 3. The van der Waals surface area contributed by atoms with Crippen molar-refractivity contribution in [1.82, 2.24) is 30.2 Å². The number of H-pyrrole nitrogens is 1. The fourth-order valence-electron chi connectivity index (χ4n) is 5.31. The van der Waals surface area contributed by atoms with Gasteiger partial charge in [0.2, 0.25) is 5.91 Å². The second-order valence-electron chi connectivity index (χ2n) is 10.6. The number of anilines is 1. The molecule has 0 bridgehead atoms. The number of aromatic nitrogens is 3. The molecule has 0 unspecified atom stereocenters. The van der Waals surface area contributed by atoms with Crippen LogP contribution >= 0.6 is 0 Å². The minimum atomic E-state index is -0.298. The summed E-state index contributed by atoms with van der Waals surface area (Å²) in [6.45, 7) is 8.43. The molecule has 1 atom stereocenters. The molecule has 1 amide bonds. The molecule has 9 nitrogen and oxygen atoms in total. The minimum absolute atomic E-state index is 0.130. The molecule has 0 spiro atoms. The first-order valence-electron chi connectivity index (χ1n) is 14.2. The van der Waals surface area contributed by atoms with Crippen LogP contribution in [0.2, 0.25) is 0 Å². The zero-order valence-corrected chi connectivity index (χ0v) is 23.1. The maximum atomic E-state index is 11.1. The zero-order valence-electron chi connectivity index (χ0n) is 23.1. The van der Waals surface area contributed by atoms with Crippen LogP contribution in [0.25, 0.3) is 22.3 Å². The van der Waals surface area contributed by atoms with Gasteiger partial charge in [0.1, 0.15) is 17.8 Å². The Balaban J connectivity index is 1.12. The number of hydroxylamine groups is 1. The summed E-state index contributed by atoms with van der Waals surface area (Å²) >= 11 is 0. The molecule has 4 aromatic rings. The lowest BCUT2D eigenvalue weighted by atomic mass is 10.1. The van der Waals surface area contributed by atoms with Crippen molar-refractivity contribution in [2.45, 2.75) is 45.2 Å². The Hall–Kier alpha value is -3.79. The monoisotopic (exact) mass is 541 g/mol. The molecule has 1 aliphatic rings.